The zero-order chi connectivity index (χ0) is 17.7. The Morgan fingerprint density at radius 3 is 1.80 bits per heavy atom. The summed E-state index contributed by atoms with van der Waals surface area (Å²) in [6.45, 7) is 5.64. The Morgan fingerprint density at radius 1 is 0.600 bits per heavy atom. The molecule has 2 saturated carbocycles. The summed E-state index contributed by atoms with van der Waals surface area (Å²) < 4.78 is 6.19. The molecular weight excluding hydrogens is 304 g/mol. The quantitative estimate of drug-likeness (QED) is 0.325. The van der Waals surface area contributed by atoms with Crippen molar-refractivity contribution in [1.29, 1.82) is 0 Å². The van der Waals surface area contributed by atoms with Crippen LogP contribution in [0.1, 0.15) is 123 Å². The summed E-state index contributed by atoms with van der Waals surface area (Å²) >= 11 is 0. The van der Waals surface area contributed by atoms with Gasteiger partial charge in [0.05, 0.1) is 6.10 Å². The zero-order valence-corrected chi connectivity index (χ0v) is 17.4. The molecule has 0 atom stereocenters. The van der Waals surface area contributed by atoms with Crippen LogP contribution in [0, 0.1) is 17.8 Å². The smallest absolute Gasteiger partial charge is 0.0575 e. The van der Waals surface area contributed by atoms with E-state index in [0.717, 1.165) is 24.4 Å². The van der Waals surface area contributed by atoms with Gasteiger partial charge in [0.25, 0.3) is 0 Å². The molecule has 1 nitrogen and oxygen atoms in total. The molecule has 2 aliphatic carbocycles. The minimum absolute atomic E-state index is 0.591. The van der Waals surface area contributed by atoms with Crippen LogP contribution in [0.4, 0.5) is 0 Å². The van der Waals surface area contributed by atoms with Crippen LogP contribution < -0.4 is 0 Å². The molecule has 0 bridgehead atoms. The third kappa shape index (κ3) is 8.46. The van der Waals surface area contributed by atoms with Gasteiger partial charge in [-0.05, 0) is 62.7 Å². The Hall–Kier alpha value is -0.0400. The largest absolute Gasteiger partial charge is 0.378 e. The van der Waals surface area contributed by atoms with E-state index in [4.69, 9.17) is 4.74 Å². The van der Waals surface area contributed by atoms with Crippen molar-refractivity contribution in [2.24, 2.45) is 17.8 Å². The fraction of sp³-hybridized carbons (Fsp3) is 1.00. The molecule has 0 N–H and O–H groups in total. The summed E-state index contributed by atoms with van der Waals surface area (Å²) in [5.41, 5.74) is 0. The van der Waals surface area contributed by atoms with E-state index in [1.54, 1.807) is 0 Å². The molecule has 0 radical (unpaired) electrons. The number of rotatable bonds is 12. The Bertz CT molecular complexity index is 297. The van der Waals surface area contributed by atoms with Gasteiger partial charge in [-0.3, -0.25) is 0 Å². The summed E-state index contributed by atoms with van der Waals surface area (Å²) in [6.07, 6.45) is 24.9. The highest BCUT2D eigenvalue weighted by atomic mass is 16.5. The second-order valence-electron chi connectivity index (χ2n) is 9.10. The van der Waals surface area contributed by atoms with Crippen molar-refractivity contribution in [2.45, 2.75) is 129 Å². The number of unbranched alkanes of at least 4 members (excludes halogenated alkanes) is 6. The van der Waals surface area contributed by atoms with Crippen molar-refractivity contribution < 1.29 is 4.74 Å². The lowest BCUT2D eigenvalue weighted by Gasteiger charge is -2.37. The number of hydrogen-bond donors (Lipinski definition) is 0. The molecule has 0 heterocycles. The van der Waals surface area contributed by atoms with Crippen LogP contribution >= 0.6 is 0 Å². The van der Waals surface area contributed by atoms with Crippen molar-refractivity contribution in [3.63, 3.8) is 0 Å². The van der Waals surface area contributed by atoms with E-state index < -0.39 is 0 Å². The maximum Gasteiger partial charge on any atom is 0.0575 e. The molecule has 0 aromatic heterocycles. The van der Waals surface area contributed by atoms with Crippen molar-refractivity contribution >= 4 is 0 Å². The molecule has 0 unspecified atom stereocenters. The average molecular weight is 351 g/mol. The van der Waals surface area contributed by atoms with Crippen LogP contribution in [0.25, 0.3) is 0 Å². The summed E-state index contributed by atoms with van der Waals surface area (Å²) in [5, 5.41) is 0. The standard InChI is InChI=1S/C24H46O/c1-3-5-7-8-9-10-20-25-24-18-16-23(17-19-24)22-14-12-21(13-15-22)11-6-4-2/h21-24H,3-20H2,1-2H3/t21?,22?,23-,24-. The molecule has 0 saturated heterocycles. The van der Waals surface area contributed by atoms with Crippen molar-refractivity contribution in [3.8, 4) is 0 Å². The second-order valence-corrected chi connectivity index (χ2v) is 9.10. The predicted octanol–water partition coefficient (Wildman–Crippen LogP) is 7.92. The van der Waals surface area contributed by atoms with Gasteiger partial charge in [-0.2, -0.15) is 0 Å². The van der Waals surface area contributed by atoms with Gasteiger partial charge >= 0.3 is 0 Å². The zero-order valence-electron chi connectivity index (χ0n) is 17.4. The van der Waals surface area contributed by atoms with Crippen molar-refractivity contribution in [3.05, 3.63) is 0 Å². The lowest BCUT2D eigenvalue weighted by Crippen LogP contribution is -2.28. The fourth-order valence-corrected chi connectivity index (χ4v) is 5.30. The lowest BCUT2D eigenvalue weighted by molar-refractivity contribution is 0.00527. The third-order valence-electron chi connectivity index (χ3n) is 7.09. The summed E-state index contributed by atoms with van der Waals surface area (Å²) in [5.74, 6) is 3.15. The Kier molecular flexibility index (Phi) is 11.2. The van der Waals surface area contributed by atoms with Gasteiger partial charge in [0.2, 0.25) is 0 Å². The maximum absolute atomic E-state index is 6.19. The summed E-state index contributed by atoms with van der Waals surface area (Å²) in [7, 11) is 0. The molecule has 2 aliphatic rings. The molecule has 2 rings (SSSR count). The van der Waals surface area contributed by atoms with E-state index in [-0.39, 0.29) is 0 Å². The average Bonchev–Trinajstić information content (AvgIpc) is 2.66. The normalized spacial score (nSPS) is 30.5. The molecule has 0 spiro atoms. The Morgan fingerprint density at radius 2 is 1.16 bits per heavy atom. The molecule has 1 heteroatoms. The summed E-state index contributed by atoms with van der Waals surface area (Å²) in [6, 6.07) is 0. The Balaban J connectivity index is 1.49. The minimum atomic E-state index is 0.591. The van der Waals surface area contributed by atoms with Gasteiger partial charge in [-0.25, -0.2) is 0 Å². The molecule has 148 valence electrons. The van der Waals surface area contributed by atoms with E-state index in [9.17, 15) is 0 Å². The lowest BCUT2D eigenvalue weighted by atomic mass is 9.70. The summed E-state index contributed by atoms with van der Waals surface area (Å²) in [4.78, 5) is 0. The first-order chi connectivity index (χ1) is 12.3. The monoisotopic (exact) mass is 350 g/mol. The van der Waals surface area contributed by atoms with Gasteiger partial charge in [0.1, 0.15) is 0 Å². The first-order valence-corrected chi connectivity index (χ1v) is 11.9. The molecule has 2 fully saturated rings. The SMILES string of the molecule is CCCCCCCCO[C@H]1CC[C@H](C2CCC(CCCC)CC2)CC1. The van der Waals surface area contributed by atoms with Crippen LogP contribution in [-0.2, 0) is 4.74 Å². The third-order valence-corrected chi connectivity index (χ3v) is 7.09. The fourth-order valence-electron chi connectivity index (χ4n) is 5.30. The van der Waals surface area contributed by atoms with Gasteiger partial charge < -0.3 is 4.74 Å². The Labute approximate surface area is 158 Å². The van der Waals surface area contributed by atoms with E-state index in [2.05, 4.69) is 13.8 Å². The second kappa shape index (κ2) is 13.2. The molecule has 0 aromatic rings. The first kappa shape index (κ1) is 21.3. The van der Waals surface area contributed by atoms with E-state index >= 15 is 0 Å². The number of ether oxygens (including phenoxy) is 1. The molecule has 0 amide bonds. The van der Waals surface area contributed by atoms with Gasteiger partial charge in [-0.15, -0.1) is 0 Å². The molecular formula is C24H46O. The van der Waals surface area contributed by atoms with Crippen LogP contribution in [0.2, 0.25) is 0 Å². The molecule has 0 aromatic carbocycles. The highest BCUT2D eigenvalue weighted by Crippen LogP contribution is 2.41. The predicted molar refractivity (Wildman–Crippen MR) is 110 cm³/mol. The topological polar surface area (TPSA) is 9.23 Å². The van der Waals surface area contributed by atoms with Crippen LogP contribution in [0.5, 0.6) is 0 Å². The van der Waals surface area contributed by atoms with E-state index in [1.165, 1.54) is 109 Å². The van der Waals surface area contributed by atoms with E-state index in [0.29, 0.717) is 6.10 Å². The van der Waals surface area contributed by atoms with Crippen molar-refractivity contribution in [1.82, 2.24) is 0 Å². The maximum atomic E-state index is 6.19. The van der Waals surface area contributed by atoms with Crippen LogP contribution in [0.3, 0.4) is 0 Å². The molecule has 0 aliphatic heterocycles. The van der Waals surface area contributed by atoms with Gasteiger partial charge in [0.15, 0.2) is 0 Å². The van der Waals surface area contributed by atoms with Gasteiger partial charge in [0, 0.05) is 6.61 Å². The van der Waals surface area contributed by atoms with E-state index in [1.807, 2.05) is 0 Å². The minimum Gasteiger partial charge on any atom is -0.378 e. The van der Waals surface area contributed by atoms with Crippen molar-refractivity contribution in [2.75, 3.05) is 6.61 Å². The highest BCUT2D eigenvalue weighted by molar-refractivity contribution is 4.82. The van der Waals surface area contributed by atoms with Crippen LogP contribution in [-0.4, -0.2) is 12.7 Å². The number of hydrogen-bond acceptors (Lipinski definition) is 1. The first-order valence-electron chi connectivity index (χ1n) is 11.9. The highest BCUT2D eigenvalue weighted by Gasteiger charge is 2.30. The van der Waals surface area contributed by atoms with Crippen LogP contribution in [0.15, 0.2) is 0 Å². The van der Waals surface area contributed by atoms with Gasteiger partial charge in [-0.1, -0.05) is 78.1 Å². The molecule has 25 heavy (non-hydrogen) atoms.